The molecule has 120 valence electrons. The number of rotatable bonds is 3. The van der Waals surface area contributed by atoms with Gasteiger partial charge in [-0.05, 0) is 42.5 Å². The van der Waals surface area contributed by atoms with Crippen molar-refractivity contribution < 1.29 is 23.0 Å². The van der Waals surface area contributed by atoms with Crippen LogP contribution >= 0.6 is 0 Å². The Kier molecular flexibility index (Phi) is 3.73. The maximum atomic E-state index is 12.6. The van der Waals surface area contributed by atoms with E-state index in [-0.39, 0.29) is 6.61 Å². The molecule has 0 saturated heterocycles. The summed E-state index contributed by atoms with van der Waals surface area (Å²) < 4.78 is 44.6. The molecule has 7 heteroatoms. The number of aliphatic hydroxyl groups excluding tert-OH is 1. The summed E-state index contributed by atoms with van der Waals surface area (Å²) in [5.74, 6) is 0.610. The molecule has 0 unspecified atom stereocenters. The molecule has 0 amide bonds. The first-order valence-corrected chi connectivity index (χ1v) is 6.78. The predicted molar refractivity (Wildman–Crippen MR) is 78.5 cm³/mol. The Morgan fingerprint density at radius 2 is 1.83 bits per heavy atom. The van der Waals surface area contributed by atoms with Crippen molar-refractivity contribution in [3.05, 3.63) is 53.7 Å². The highest BCUT2D eigenvalue weighted by atomic mass is 19.4. The fourth-order valence-electron chi connectivity index (χ4n) is 2.39. The summed E-state index contributed by atoms with van der Waals surface area (Å²) in [6, 6.07) is 9.91. The van der Waals surface area contributed by atoms with Crippen molar-refractivity contribution in [3.63, 3.8) is 0 Å². The van der Waals surface area contributed by atoms with Gasteiger partial charge in [0.05, 0.1) is 36.2 Å². The number of alkyl halides is 3. The number of hydrogen-bond acceptors (Lipinski definition) is 3. The molecule has 23 heavy (non-hydrogen) atoms. The van der Waals surface area contributed by atoms with E-state index in [0.29, 0.717) is 28.0 Å². The van der Waals surface area contributed by atoms with E-state index in [9.17, 15) is 18.3 Å². The van der Waals surface area contributed by atoms with E-state index < -0.39 is 11.7 Å². The summed E-state index contributed by atoms with van der Waals surface area (Å²) in [4.78, 5) is 0. The molecule has 0 radical (unpaired) electrons. The molecule has 3 aromatic rings. The largest absolute Gasteiger partial charge is 0.497 e. The standard InChI is InChI=1S/C16H13F3N2O2/c1-23-12-6-7-15-13(8-12)14(9-22)20-21(15)11-4-2-10(3-5-11)16(17,18)19/h2-8,22H,9H2,1H3. The fourth-order valence-corrected chi connectivity index (χ4v) is 2.39. The lowest BCUT2D eigenvalue weighted by Crippen LogP contribution is -2.05. The summed E-state index contributed by atoms with van der Waals surface area (Å²) in [6.45, 7) is -0.280. The third-order valence-electron chi connectivity index (χ3n) is 3.55. The van der Waals surface area contributed by atoms with Crippen LogP contribution in [0, 0.1) is 0 Å². The summed E-state index contributed by atoms with van der Waals surface area (Å²) in [5.41, 5.74) is 0.864. The second-order valence-corrected chi connectivity index (χ2v) is 4.94. The number of methoxy groups -OCH3 is 1. The Balaban J connectivity index is 2.13. The quantitative estimate of drug-likeness (QED) is 0.802. The molecule has 1 heterocycles. The number of nitrogens with zero attached hydrogens (tertiary/aromatic N) is 2. The monoisotopic (exact) mass is 322 g/mol. The molecule has 0 atom stereocenters. The van der Waals surface area contributed by atoms with E-state index in [0.717, 1.165) is 12.1 Å². The molecule has 0 aliphatic carbocycles. The number of fused-ring (bicyclic) bond motifs is 1. The van der Waals surface area contributed by atoms with Crippen LogP contribution in [-0.2, 0) is 12.8 Å². The highest BCUT2D eigenvalue weighted by Gasteiger charge is 2.30. The lowest BCUT2D eigenvalue weighted by molar-refractivity contribution is -0.137. The van der Waals surface area contributed by atoms with E-state index in [1.165, 1.54) is 23.9 Å². The van der Waals surface area contributed by atoms with Gasteiger partial charge in [-0.1, -0.05) is 0 Å². The number of hydrogen-bond donors (Lipinski definition) is 1. The van der Waals surface area contributed by atoms with Crippen LogP contribution in [0.2, 0.25) is 0 Å². The van der Waals surface area contributed by atoms with Crippen molar-refractivity contribution in [1.82, 2.24) is 9.78 Å². The van der Waals surface area contributed by atoms with Gasteiger partial charge in [0.1, 0.15) is 5.75 Å². The van der Waals surface area contributed by atoms with Crippen LogP contribution in [-0.4, -0.2) is 22.0 Å². The normalized spacial score (nSPS) is 11.9. The van der Waals surface area contributed by atoms with Crippen LogP contribution < -0.4 is 4.74 Å². The Bertz CT molecular complexity index is 839. The van der Waals surface area contributed by atoms with E-state index in [2.05, 4.69) is 5.10 Å². The second kappa shape index (κ2) is 5.58. The molecule has 0 fully saturated rings. The molecular formula is C16H13F3N2O2. The Morgan fingerprint density at radius 1 is 1.13 bits per heavy atom. The van der Waals surface area contributed by atoms with Gasteiger partial charge in [-0.15, -0.1) is 0 Å². The molecule has 2 aromatic carbocycles. The van der Waals surface area contributed by atoms with Crippen molar-refractivity contribution in [3.8, 4) is 11.4 Å². The molecule has 1 aromatic heterocycles. The van der Waals surface area contributed by atoms with Crippen LogP contribution in [0.5, 0.6) is 5.75 Å². The number of ether oxygens (including phenoxy) is 1. The lowest BCUT2D eigenvalue weighted by atomic mass is 10.2. The molecule has 0 bridgehead atoms. The molecule has 0 aliphatic heterocycles. The maximum absolute atomic E-state index is 12.6. The molecule has 0 aliphatic rings. The maximum Gasteiger partial charge on any atom is 0.416 e. The van der Waals surface area contributed by atoms with Gasteiger partial charge in [-0.25, -0.2) is 4.68 Å². The Morgan fingerprint density at radius 3 is 2.39 bits per heavy atom. The van der Waals surface area contributed by atoms with Gasteiger partial charge in [0.15, 0.2) is 0 Å². The zero-order chi connectivity index (χ0) is 16.6. The average molecular weight is 322 g/mol. The van der Waals surface area contributed by atoms with Crippen molar-refractivity contribution >= 4 is 10.9 Å². The minimum absolute atomic E-state index is 0.280. The smallest absolute Gasteiger partial charge is 0.416 e. The topological polar surface area (TPSA) is 47.3 Å². The van der Waals surface area contributed by atoms with Crippen LogP contribution in [0.4, 0.5) is 13.2 Å². The van der Waals surface area contributed by atoms with Gasteiger partial charge in [-0.3, -0.25) is 0 Å². The fraction of sp³-hybridized carbons (Fsp3) is 0.188. The summed E-state index contributed by atoms with van der Waals surface area (Å²) in [5, 5.41) is 14.4. The summed E-state index contributed by atoms with van der Waals surface area (Å²) in [7, 11) is 1.53. The minimum atomic E-state index is -4.38. The molecule has 4 nitrogen and oxygen atoms in total. The van der Waals surface area contributed by atoms with E-state index in [4.69, 9.17) is 4.74 Å². The molecule has 0 spiro atoms. The lowest BCUT2D eigenvalue weighted by Gasteiger charge is -2.08. The van der Waals surface area contributed by atoms with Crippen LogP contribution in [0.3, 0.4) is 0 Å². The van der Waals surface area contributed by atoms with Gasteiger partial charge in [0, 0.05) is 5.39 Å². The van der Waals surface area contributed by atoms with Crippen molar-refractivity contribution in [2.45, 2.75) is 12.8 Å². The first-order chi connectivity index (χ1) is 10.9. The minimum Gasteiger partial charge on any atom is -0.497 e. The zero-order valence-corrected chi connectivity index (χ0v) is 12.1. The highest BCUT2D eigenvalue weighted by Crippen LogP contribution is 2.31. The summed E-state index contributed by atoms with van der Waals surface area (Å²) >= 11 is 0. The molecular weight excluding hydrogens is 309 g/mol. The van der Waals surface area contributed by atoms with E-state index in [1.807, 2.05) is 0 Å². The number of aliphatic hydroxyl groups is 1. The van der Waals surface area contributed by atoms with Gasteiger partial charge in [0.25, 0.3) is 0 Å². The Labute approximate surface area is 129 Å². The van der Waals surface area contributed by atoms with E-state index >= 15 is 0 Å². The highest BCUT2D eigenvalue weighted by molar-refractivity contribution is 5.85. The number of halogens is 3. The number of benzene rings is 2. The molecule has 0 saturated carbocycles. The van der Waals surface area contributed by atoms with Gasteiger partial charge < -0.3 is 9.84 Å². The van der Waals surface area contributed by atoms with Crippen LogP contribution in [0.1, 0.15) is 11.3 Å². The van der Waals surface area contributed by atoms with Crippen molar-refractivity contribution in [2.24, 2.45) is 0 Å². The van der Waals surface area contributed by atoms with Crippen molar-refractivity contribution in [2.75, 3.05) is 7.11 Å². The molecule has 3 rings (SSSR count). The third kappa shape index (κ3) is 2.75. The SMILES string of the molecule is COc1ccc2c(c1)c(CO)nn2-c1ccc(C(F)(F)F)cc1. The van der Waals surface area contributed by atoms with E-state index in [1.54, 1.807) is 18.2 Å². The average Bonchev–Trinajstić information content (AvgIpc) is 2.92. The van der Waals surface area contributed by atoms with Crippen LogP contribution in [0.25, 0.3) is 16.6 Å². The molecule has 1 N–H and O–H groups in total. The summed E-state index contributed by atoms with van der Waals surface area (Å²) in [6.07, 6.45) is -4.38. The first-order valence-electron chi connectivity index (χ1n) is 6.78. The van der Waals surface area contributed by atoms with Crippen LogP contribution in [0.15, 0.2) is 42.5 Å². The third-order valence-corrected chi connectivity index (χ3v) is 3.55. The Hall–Kier alpha value is -2.54. The first kappa shape index (κ1) is 15.4. The van der Waals surface area contributed by atoms with Gasteiger partial charge in [0.2, 0.25) is 0 Å². The number of aromatic nitrogens is 2. The van der Waals surface area contributed by atoms with Crippen molar-refractivity contribution in [1.29, 1.82) is 0 Å². The van der Waals surface area contributed by atoms with Gasteiger partial charge >= 0.3 is 6.18 Å². The second-order valence-electron chi connectivity index (χ2n) is 4.94. The zero-order valence-electron chi connectivity index (χ0n) is 12.1. The predicted octanol–water partition coefficient (Wildman–Crippen LogP) is 3.55. The van der Waals surface area contributed by atoms with Gasteiger partial charge in [-0.2, -0.15) is 18.3 Å².